The normalized spacial score (nSPS) is 20.9. The molecule has 0 radical (unpaired) electrons. The van der Waals surface area contributed by atoms with Crippen LogP contribution in [0.15, 0.2) is 133 Å². The van der Waals surface area contributed by atoms with E-state index in [1.165, 1.54) is 0 Å². The van der Waals surface area contributed by atoms with Crippen LogP contribution in [0.3, 0.4) is 0 Å². The summed E-state index contributed by atoms with van der Waals surface area (Å²) in [6.07, 6.45) is 4.98. The molecule has 2 aliphatic carbocycles. The number of rotatable bonds is 10. The van der Waals surface area contributed by atoms with E-state index < -0.39 is 39.3 Å². The Kier molecular flexibility index (Phi) is 11.3. The average Bonchev–Trinajstić information content (AvgIpc) is 3.23. The molecule has 0 amide bonds. The van der Waals surface area contributed by atoms with Crippen LogP contribution in [0, 0.1) is 31.6 Å². The van der Waals surface area contributed by atoms with Gasteiger partial charge in [-0.2, -0.15) is 0 Å². The van der Waals surface area contributed by atoms with Crippen molar-refractivity contribution in [2.45, 2.75) is 71.3 Å². The molecule has 1 saturated heterocycles. The van der Waals surface area contributed by atoms with Gasteiger partial charge in [0.2, 0.25) is 0 Å². The molecule has 1 fully saturated rings. The minimum absolute atomic E-state index is 0.0235. The number of ketones is 2. The van der Waals surface area contributed by atoms with Crippen molar-refractivity contribution >= 4 is 49.0 Å². The summed E-state index contributed by atoms with van der Waals surface area (Å²) in [5.74, 6) is -1.37. The number of hydrogen-bond donors (Lipinski definition) is 2. The fourth-order valence-electron chi connectivity index (χ4n) is 10.1. The Morgan fingerprint density at radius 1 is 0.847 bits per heavy atom. The molecule has 59 heavy (non-hydrogen) atoms. The number of pyridine rings is 1. The predicted octanol–water partition coefficient (Wildman–Crippen LogP) is 8.81. The van der Waals surface area contributed by atoms with Crippen LogP contribution >= 0.6 is 0 Å². The number of fused-ring (bicyclic) bond motifs is 4. The molecule has 2 N–H and O–H groups in total. The predicted molar refractivity (Wildman–Crippen MR) is 237 cm³/mol. The first kappa shape index (κ1) is 40.6. The third kappa shape index (κ3) is 7.62. The molecule has 4 atom stereocenters. The molecular formula is C50H52BNO6Si. The average molecular weight is 802 g/mol. The highest BCUT2D eigenvalue weighted by Crippen LogP contribution is 2.51. The van der Waals surface area contributed by atoms with Crippen molar-refractivity contribution in [1.82, 2.24) is 4.98 Å². The number of carbonyl (C=O) groups excluding carboxylic acids is 2. The van der Waals surface area contributed by atoms with Crippen LogP contribution < -0.4 is 10.4 Å². The Hall–Kier alpha value is -5.19. The first-order valence-corrected chi connectivity index (χ1v) is 22.7. The topological polar surface area (TPSA) is 106 Å². The second-order valence-electron chi connectivity index (χ2n) is 17.5. The number of aromatic nitrogens is 1. The fourth-order valence-corrected chi connectivity index (χ4v) is 14.7. The summed E-state index contributed by atoms with van der Waals surface area (Å²) in [6.45, 7) is 10.8. The lowest BCUT2D eigenvalue weighted by molar-refractivity contribution is 0.0592. The number of Topliss-reactive ketones (excluding diaryl/α,β-unsaturated/α-hetero) is 2. The van der Waals surface area contributed by atoms with Gasteiger partial charge in [0.15, 0.2) is 11.6 Å². The second kappa shape index (κ2) is 16.5. The van der Waals surface area contributed by atoms with E-state index in [1.54, 1.807) is 18.3 Å². The number of aromatic hydroxyl groups is 1. The molecule has 1 aromatic heterocycles. The van der Waals surface area contributed by atoms with Gasteiger partial charge in [0, 0.05) is 29.2 Å². The van der Waals surface area contributed by atoms with E-state index >= 15 is 0 Å². The summed E-state index contributed by atoms with van der Waals surface area (Å²) in [6, 6.07) is 38.0. The number of phenols is 1. The van der Waals surface area contributed by atoms with Crippen LogP contribution in [0.25, 0.3) is 11.6 Å². The molecule has 5 aromatic rings. The van der Waals surface area contributed by atoms with Crippen molar-refractivity contribution in [2.75, 3.05) is 6.61 Å². The van der Waals surface area contributed by atoms with Crippen LogP contribution in [0.1, 0.15) is 83.1 Å². The number of phenolic OH excluding ortho intramolecular Hbond substituents is 1. The summed E-state index contributed by atoms with van der Waals surface area (Å²) < 4.78 is 14.1. The van der Waals surface area contributed by atoms with Gasteiger partial charge in [0.1, 0.15) is 5.75 Å². The number of aryl methyl sites for hydroxylation is 2. The van der Waals surface area contributed by atoms with E-state index in [9.17, 15) is 19.7 Å². The zero-order valence-corrected chi connectivity index (χ0v) is 35.5. The minimum Gasteiger partial charge on any atom is -0.507 e. The highest BCUT2D eigenvalue weighted by atomic mass is 28.4. The van der Waals surface area contributed by atoms with Gasteiger partial charge in [-0.3, -0.25) is 14.6 Å². The van der Waals surface area contributed by atoms with E-state index in [-0.39, 0.29) is 35.3 Å². The Bertz CT molecular complexity index is 2360. The first-order chi connectivity index (χ1) is 28.4. The molecule has 4 aromatic carbocycles. The second-order valence-corrected chi connectivity index (χ2v) is 21.8. The standard InChI is InChI=1S/C50H52BNO6Si/c1-32-26-34(27-33(2)47(32)53)28-35(43-22-14-15-25-52-43)23-24-44-45-36(31-57-59(50(3,4)5,37-16-8-6-9-17-37)38-18-10-7-11-19-38)29-41-46(42(45)30-51(56)58-44)49(55)40-21-13-12-20-39(40)48(41)54/h6-22,25-28,41-42,44,46,53,56H,23-24,29-31H2,1-5H3/b35-28-/t41-,42+,44-,46-/m1/s1. The van der Waals surface area contributed by atoms with Crippen LogP contribution in [-0.2, 0) is 9.08 Å². The zero-order valence-electron chi connectivity index (χ0n) is 34.5. The largest absolute Gasteiger partial charge is 0.507 e. The molecule has 8 rings (SSSR count). The molecule has 0 saturated carbocycles. The van der Waals surface area contributed by atoms with Gasteiger partial charge in [-0.05, 0) is 125 Å². The van der Waals surface area contributed by atoms with Crippen molar-refractivity contribution < 1.29 is 28.8 Å². The molecule has 3 aliphatic rings. The number of hydrogen-bond acceptors (Lipinski definition) is 7. The molecule has 0 bridgehead atoms. The Morgan fingerprint density at radius 3 is 2.03 bits per heavy atom. The molecule has 300 valence electrons. The summed E-state index contributed by atoms with van der Waals surface area (Å²) >= 11 is 0. The van der Waals surface area contributed by atoms with Gasteiger partial charge in [-0.25, -0.2) is 0 Å². The number of nitrogens with zero attached hydrogens (tertiary/aromatic N) is 1. The van der Waals surface area contributed by atoms with E-state index in [4.69, 9.17) is 14.1 Å². The Morgan fingerprint density at radius 2 is 1.44 bits per heavy atom. The maximum absolute atomic E-state index is 14.6. The van der Waals surface area contributed by atoms with Crippen LogP contribution in [0.5, 0.6) is 5.75 Å². The molecule has 9 heteroatoms. The summed E-state index contributed by atoms with van der Waals surface area (Å²) in [5.41, 5.74) is 7.23. The number of allylic oxidation sites excluding steroid dienone is 1. The van der Waals surface area contributed by atoms with Crippen molar-refractivity contribution in [1.29, 1.82) is 0 Å². The highest BCUT2D eigenvalue weighted by molar-refractivity contribution is 6.99. The quantitative estimate of drug-likeness (QED) is 0.107. The van der Waals surface area contributed by atoms with Crippen molar-refractivity contribution in [2.24, 2.45) is 17.8 Å². The minimum atomic E-state index is -3.01. The third-order valence-corrected chi connectivity index (χ3v) is 17.7. The lowest BCUT2D eigenvalue weighted by Gasteiger charge is -2.48. The van der Waals surface area contributed by atoms with Gasteiger partial charge in [0.05, 0.1) is 18.4 Å². The molecule has 2 heterocycles. The molecule has 7 nitrogen and oxygen atoms in total. The first-order valence-electron chi connectivity index (χ1n) is 20.8. The van der Waals surface area contributed by atoms with Crippen LogP contribution in [0.2, 0.25) is 11.4 Å². The molecule has 0 unspecified atom stereocenters. The monoisotopic (exact) mass is 801 g/mol. The molecular weight excluding hydrogens is 749 g/mol. The van der Waals surface area contributed by atoms with E-state index in [0.29, 0.717) is 30.4 Å². The fraction of sp³-hybridized carbons (Fsp3) is 0.300. The SMILES string of the molecule is Cc1cc(/C=C(/CC[C@H]2OB(O)C[C@H]3C2=C(CO[Si](c2ccccc2)(c2ccccc2)C(C)(C)C)C[C@H]2C(=O)c4ccccc4C(=O)[C@H]23)c2ccccn2)cc(C)c1O. The lowest BCUT2D eigenvalue weighted by Crippen LogP contribution is -2.66. The number of benzene rings is 4. The lowest BCUT2D eigenvalue weighted by atomic mass is 9.54. The van der Waals surface area contributed by atoms with Gasteiger partial charge in [-0.15, -0.1) is 0 Å². The van der Waals surface area contributed by atoms with Gasteiger partial charge < -0.3 is 19.2 Å². The van der Waals surface area contributed by atoms with Gasteiger partial charge in [0.25, 0.3) is 8.32 Å². The van der Waals surface area contributed by atoms with E-state index in [0.717, 1.165) is 49.5 Å². The number of carbonyl (C=O) groups is 2. The summed E-state index contributed by atoms with van der Waals surface area (Å²) in [5, 5.41) is 24.1. The maximum atomic E-state index is 14.6. The van der Waals surface area contributed by atoms with E-state index in [1.807, 2.05) is 68.4 Å². The van der Waals surface area contributed by atoms with E-state index in [2.05, 4.69) is 75.4 Å². The Balaban J connectivity index is 1.24. The highest BCUT2D eigenvalue weighted by Gasteiger charge is 2.55. The van der Waals surface area contributed by atoms with Gasteiger partial charge in [-0.1, -0.05) is 112 Å². The van der Waals surface area contributed by atoms with Gasteiger partial charge >= 0.3 is 7.12 Å². The van der Waals surface area contributed by atoms with Crippen molar-refractivity contribution in [3.8, 4) is 5.75 Å². The zero-order chi connectivity index (χ0) is 41.5. The third-order valence-electron chi connectivity index (χ3n) is 12.8. The van der Waals surface area contributed by atoms with Crippen LogP contribution in [-0.4, -0.2) is 54.8 Å². The molecule has 0 spiro atoms. The van der Waals surface area contributed by atoms with Crippen molar-refractivity contribution in [3.63, 3.8) is 0 Å². The maximum Gasteiger partial charge on any atom is 0.455 e. The summed E-state index contributed by atoms with van der Waals surface area (Å²) in [4.78, 5) is 33.8. The summed E-state index contributed by atoms with van der Waals surface area (Å²) in [7, 11) is -4.12. The molecule has 1 aliphatic heterocycles. The Labute approximate surface area is 349 Å². The van der Waals surface area contributed by atoms with Crippen molar-refractivity contribution in [3.05, 3.63) is 166 Å². The smallest absolute Gasteiger partial charge is 0.455 e. The van der Waals surface area contributed by atoms with Crippen LogP contribution in [0.4, 0.5) is 0 Å².